The molecule has 5 rings (SSSR count). The number of nitro benzene ring substituents is 1. The first-order chi connectivity index (χ1) is 19.6. The topological polar surface area (TPSA) is 133 Å². The number of tetrazole rings is 1. The molecule has 11 nitrogen and oxygen atoms in total. The van der Waals surface area contributed by atoms with E-state index in [-0.39, 0.29) is 34.1 Å². The van der Waals surface area contributed by atoms with Crippen LogP contribution in [0.1, 0.15) is 43.0 Å². The summed E-state index contributed by atoms with van der Waals surface area (Å²) in [5, 5.41) is 18.3. The molecule has 17 heteroatoms. The molecule has 0 bridgehead atoms. The van der Waals surface area contributed by atoms with E-state index in [1.54, 1.807) is 0 Å². The number of carbonyl (C=O) groups is 2. The van der Waals surface area contributed by atoms with E-state index in [1.807, 2.05) is 0 Å². The lowest BCUT2D eigenvalue weighted by atomic mass is 10.1. The van der Waals surface area contributed by atoms with Crippen molar-refractivity contribution < 1.29 is 40.9 Å². The fourth-order valence-electron chi connectivity index (χ4n) is 4.47. The number of aryl methyl sites for hydroxylation is 1. The van der Waals surface area contributed by atoms with E-state index < -0.39 is 57.3 Å². The number of hydrogen-bond acceptors (Lipinski definition) is 7. The number of nitro groups is 1. The van der Waals surface area contributed by atoms with E-state index in [0.717, 1.165) is 11.0 Å². The highest BCUT2D eigenvalue weighted by molar-refractivity contribution is 6.35. The molecule has 0 atom stereocenters. The third-order valence-electron chi connectivity index (χ3n) is 6.38. The maximum absolute atomic E-state index is 13.2. The lowest BCUT2D eigenvalue weighted by Crippen LogP contribution is -2.30. The number of hydrogen-bond donors (Lipinski definition) is 0. The Hall–Kier alpha value is -5.35. The minimum atomic E-state index is -5.14. The van der Waals surface area contributed by atoms with Gasteiger partial charge in [-0.3, -0.25) is 19.7 Å². The van der Waals surface area contributed by atoms with Gasteiger partial charge in [-0.2, -0.15) is 35.7 Å². The largest absolute Gasteiger partial charge is 0.416 e. The van der Waals surface area contributed by atoms with Crippen molar-refractivity contribution in [3.05, 3.63) is 109 Å². The number of aromatic nitrogens is 4. The number of imide groups is 1. The molecular weight excluding hydrogens is 578 g/mol. The fourth-order valence-corrected chi connectivity index (χ4v) is 4.47. The zero-order chi connectivity index (χ0) is 30.7. The molecule has 0 spiro atoms. The summed E-state index contributed by atoms with van der Waals surface area (Å²) >= 11 is 0. The Balaban J connectivity index is 1.45. The van der Waals surface area contributed by atoms with Gasteiger partial charge in [-0.25, -0.2) is 9.69 Å². The summed E-state index contributed by atoms with van der Waals surface area (Å²) in [6, 6.07) is 8.41. The summed E-state index contributed by atoms with van der Waals surface area (Å²) in [5.41, 5.74) is -5.50. The zero-order valence-electron chi connectivity index (χ0n) is 20.9. The van der Waals surface area contributed by atoms with E-state index in [0.29, 0.717) is 27.9 Å². The second-order valence-corrected chi connectivity index (χ2v) is 9.12. The predicted molar refractivity (Wildman–Crippen MR) is 130 cm³/mol. The van der Waals surface area contributed by atoms with Gasteiger partial charge in [0, 0.05) is 6.07 Å². The van der Waals surface area contributed by atoms with Crippen LogP contribution in [0.15, 0.2) is 59.4 Å². The summed E-state index contributed by atoms with van der Waals surface area (Å²) in [7, 11) is 0. The van der Waals surface area contributed by atoms with Gasteiger partial charge >= 0.3 is 18.0 Å². The first-order valence-electron chi connectivity index (χ1n) is 11.7. The van der Waals surface area contributed by atoms with Gasteiger partial charge in [0.25, 0.3) is 17.5 Å². The molecule has 2 amide bonds. The molecular formula is C25H14F6N6O5. The lowest BCUT2D eigenvalue weighted by Gasteiger charge is -2.17. The minimum absolute atomic E-state index is 0.0874. The van der Waals surface area contributed by atoms with Crippen LogP contribution in [-0.4, -0.2) is 36.5 Å². The number of halogens is 6. The van der Waals surface area contributed by atoms with E-state index >= 15 is 0 Å². The number of benzene rings is 3. The van der Waals surface area contributed by atoms with Gasteiger partial charge in [-0.15, -0.1) is 0 Å². The Morgan fingerprint density at radius 1 is 0.857 bits per heavy atom. The normalized spacial score (nSPS) is 13.5. The average Bonchev–Trinajstić information content (AvgIpc) is 3.39. The molecule has 1 aromatic heterocycles. The highest BCUT2D eigenvalue weighted by Crippen LogP contribution is 2.37. The second kappa shape index (κ2) is 9.64. The quantitative estimate of drug-likeness (QED) is 0.144. The molecule has 0 fully saturated rings. The monoisotopic (exact) mass is 592 g/mol. The first kappa shape index (κ1) is 28.2. The Bertz CT molecular complexity index is 1830. The van der Waals surface area contributed by atoms with Crippen molar-refractivity contribution in [1.29, 1.82) is 0 Å². The minimum Gasteiger partial charge on any atom is -0.268 e. The lowest BCUT2D eigenvalue weighted by molar-refractivity contribution is -0.385. The van der Waals surface area contributed by atoms with E-state index in [4.69, 9.17) is 0 Å². The highest BCUT2D eigenvalue weighted by atomic mass is 19.4. The van der Waals surface area contributed by atoms with Crippen molar-refractivity contribution in [2.75, 3.05) is 4.90 Å². The summed E-state index contributed by atoms with van der Waals surface area (Å²) in [6.07, 6.45) is -10.3. The van der Waals surface area contributed by atoms with Crippen LogP contribution in [0, 0.1) is 17.0 Å². The third kappa shape index (κ3) is 4.77. The van der Waals surface area contributed by atoms with Crippen LogP contribution in [0.25, 0.3) is 5.69 Å². The molecule has 3 aromatic carbocycles. The fraction of sp³-hybridized carbons (Fsp3) is 0.160. The van der Waals surface area contributed by atoms with Crippen LogP contribution < -0.4 is 10.6 Å². The molecule has 0 saturated heterocycles. The van der Waals surface area contributed by atoms with Crippen LogP contribution >= 0.6 is 0 Å². The molecule has 42 heavy (non-hydrogen) atoms. The third-order valence-corrected chi connectivity index (χ3v) is 6.38. The highest BCUT2D eigenvalue weighted by Gasteiger charge is 2.42. The molecule has 0 unspecified atom stereocenters. The average molecular weight is 592 g/mol. The maximum Gasteiger partial charge on any atom is 0.416 e. The standard InChI is InChI=1S/C25H14F6N6O5/c1-12-7-13(5-6-18(12)35-21(38)17-3-2-4-19(37(41)42)20(17)22(35)39)11-34-23(40)36(33-32-34)16-9-14(24(26,27)28)8-15(10-16)25(29,30)31/h2-10H,11H2,1H3. The molecule has 0 radical (unpaired) electrons. The summed E-state index contributed by atoms with van der Waals surface area (Å²) in [5.74, 6) is -1.69. The van der Waals surface area contributed by atoms with E-state index in [2.05, 4.69) is 10.4 Å². The Morgan fingerprint density at radius 3 is 2.07 bits per heavy atom. The Labute approximate surface area is 229 Å². The molecule has 1 aliphatic rings. The van der Waals surface area contributed by atoms with Crippen LogP contribution in [0.5, 0.6) is 0 Å². The van der Waals surface area contributed by atoms with Gasteiger partial charge in [0.1, 0.15) is 5.56 Å². The number of anilines is 1. The van der Waals surface area contributed by atoms with Crippen molar-refractivity contribution in [3.63, 3.8) is 0 Å². The summed E-state index contributed by atoms with van der Waals surface area (Å²) < 4.78 is 80.4. The van der Waals surface area contributed by atoms with Gasteiger partial charge in [0.05, 0.1) is 39.5 Å². The molecule has 0 saturated carbocycles. The van der Waals surface area contributed by atoms with Crippen molar-refractivity contribution in [2.45, 2.75) is 25.8 Å². The van der Waals surface area contributed by atoms with E-state index in [1.165, 1.54) is 37.3 Å². The molecule has 4 aromatic rings. The second-order valence-electron chi connectivity index (χ2n) is 9.12. The molecule has 1 aliphatic heterocycles. The number of rotatable bonds is 5. The van der Waals surface area contributed by atoms with E-state index in [9.17, 15) is 50.8 Å². The molecule has 2 heterocycles. The predicted octanol–water partition coefficient (Wildman–Crippen LogP) is 4.53. The number of alkyl halides is 6. The smallest absolute Gasteiger partial charge is 0.268 e. The summed E-state index contributed by atoms with van der Waals surface area (Å²) in [4.78, 5) is 50.1. The number of fused-ring (bicyclic) bond motifs is 1. The van der Waals surface area contributed by atoms with Gasteiger partial charge < -0.3 is 0 Å². The SMILES string of the molecule is Cc1cc(Cn2nnn(-c3cc(C(F)(F)F)cc(C(F)(F)F)c3)c2=O)ccc1N1C(=O)c2cccc([N+](=O)[O-])c2C1=O. The van der Waals surface area contributed by atoms with Gasteiger partial charge in [0.2, 0.25) is 0 Å². The maximum atomic E-state index is 13.2. The summed E-state index contributed by atoms with van der Waals surface area (Å²) in [6.45, 7) is 1.18. The molecule has 0 aliphatic carbocycles. The Kier molecular flexibility index (Phi) is 6.47. The number of nitrogens with zero attached hydrogens (tertiary/aromatic N) is 6. The van der Waals surface area contributed by atoms with Gasteiger partial charge in [-0.1, -0.05) is 18.2 Å². The van der Waals surface area contributed by atoms with Crippen molar-refractivity contribution >= 4 is 23.2 Å². The van der Waals surface area contributed by atoms with Gasteiger partial charge in [0.15, 0.2) is 0 Å². The van der Waals surface area contributed by atoms with Crippen molar-refractivity contribution in [3.8, 4) is 5.69 Å². The molecule has 216 valence electrons. The van der Waals surface area contributed by atoms with Crippen LogP contribution in [0.3, 0.4) is 0 Å². The van der Waals surface area contributed by atoms with Crippen LogP contribution in [-0.2, 0) is 18.9 Å². The van der Waals surface area contributed by atoms with Crippen LogP contribution in [0.2, 0.25) is 0 Å². The van der Waals surface area contributed by atoms with Crippen LogP contribution in [0.4, 0.5) is 37.7 Å². The zero-order valence-corrected chi connectivity index (χ0v) is 20.9. The molecule has 0 N–H and O–H groups in total. The number of carbonyl (C=O) groups excluding carboxylic acids is 2. The van der Waals surface area contributed by atoms with Crippen molar-refractivity contribution in [1.82, 2.24) is 19.8 Å². The Morgan fingerprint density at radius 2 is 1.50 bits per heavy atom. The van der Waals surface area contributed by atoms with Crippen molar-refractivity contribution in [2.24, 2.45) is 0 Å². The van der Waals surface area contributed by atoms with Gasteiger partial charge in [-0.05, 0) is 58.8 Å². The first-order valence-corrected chi connectivity index (χ1v) is 11.7. The number of amides is 2.